The Kier molecular flexibility index (Phi) is 5.11. The first-order chi connectivity index (χ1) is 10.7. The second-order valence-electron chi connectivity index (χ2n) is 6.70. The minimum atomic E-state index is 0.167. The number of likely N-dealkylation sites (tertiary alicyclic amines) is 1. The molecule has 1 aromatic rings. The summed E-state index contributed by atoms with van der Waals surface area (Å²) in [7, 11) is 0. The van der Waals surface area contributed by atoms with E-state index in [4.69, 9.17) is 0 Å². The number of carbonyl (C=O) groups excluding carboxylic acids is 1. The predicted molar refractivity (Wildman–Crippen MR) is 88.4 cm³/mol. The van der Waals surface area contributed by atoms with Gasteiger partial charge in [-0.3, -0.25) is 9.69 Å². The first-order valence-corrected chi connectivity index (χ1v) is 8.52. The molecule has 2 heterocycles. The van der Waals surface area contributed by atoms with Crippen molar-refractivity contribution >= 4 is 5.91 Å². The van der Waals surface area contributed by atoms with Crippen LogP contribution >= 0.6 is 0 Å². The van der Waals surface area contributed by atoms with Gasteiger partial charge in [0.05, 0.1) is 5.92 Å². The maximum absolute atomic E-state index is 11.8. The van der Waals surface area contributed by atoms with Crippen LogP contribution in [-0.4, -0.2) is 36.5 Å². The van der Waals surface area contributed by atoms with E-state index in [2.05, 4.69) is 46.7 Å². The zero-order valence-electron chi connectivity index (χ0n) is 13.5. The van der Waals surface area contributed by atoms with Crippen LogP contribution in [0.5, 0.6) is 0 Å². The molecule has 3 rings (SSSR count). The summed E-state index contributed by atoms with van der Waals surface area (Å²) in [6.07, 6.45) is 4.01. The third-order valence-corrected chi connectivity index (χ3v) is 4.97. The lowest BCUT2D eigenvalue weighted by Gasteiger charge is -2.33. The van der Waals surface area contributed by atoms with Crippen LogP contribution in [0.1, 0.15) is 37.3 Å². The largest absolute Gasteiger partial charge is 0.352 e. The second-order valence-corrected chi connectivity index (χ2v) is 6.70. The number of carbonyl (C=O) groups is 1. The van der Waals surface area contributed by atoms with E-state index in [0.29, 0.717) is 12.6 Å². The summed E-state index contributed by atoms with van der Waals surface area (Å²) >= 11 is 0. The molecule has 2 aliphatic rings. The molecule has 120 valence electrons. The van der Waals surface area contributed by atoms with Gasteiger partial charge in [-0.15, -0.1) is 0 Å². The van der Waals surface area contributed by atoms with Gasteiger partial charge in [0.25, 0.3) is 0 Å². The molecule has 22 heavy (non-hydrogen) atoms. The van der Waals surface area contributed by atoms with E-state index in [9.17, 15) is 4.79 Å². The molecule has 2 fully saturated rings. The number of nitrogens with one attached hydrogen (secondary N) is 2. The number of hydrogen-bond donors (Lipinski definition) is 2. The zero-order chi connectivity index (χ0) is 15.4. The molecule has 4 heteroatoms. The van der Waals surface area contributed by atoms with Gasteiger partial charge in [0.2, 0.25) is 5.91 Å². The van der Waals surface area contributed by atoms with E-state index < -0.39 is 0 Å². The minimum Gasteiger partial charge on any atom is -0.352 e. The number of nitrogens with zero attached hydrogens (tertiary/aromatic N) is 1. The topological polar surface area (TPSA) is 44.4 Å². The van der Waals surface area contributed by atoms with Crippen molar-refractivity contribution in [1.82, 2.24) is 15.5 Å². The van der Waals surface area contributed by atoms with Gasteiger partial charge in [-0.25, -0.2) is 0 Å². The second kappa shape index (κ2) is 7.25. The molecule has 1 aromatic carbocycles. The highest BCUT2D eigenvalue weighted by molar-refractivity contribution is 5.79. The summed E-state index contributed by atoms with van der Waals surface area (Å²) in [4.78, 5) is 14.4. The third kappa shape index (κ3) is 3.87. The fraction of sp³-hybridized carbons (Fsp3) is 0.611. The SMILES string of the molecule is CC1CCCCN1Cc1ccc(CNC(=O)C2CNC2)cc1. The van der Waals surface area contributed by atoms with Crippen molar-refractivity contribution in [3.05, 3.63) is 35.4 Å². The molecule has 0 bridgehead atoms. The first-order valence-electron chi connectivity index (χ1n) is 8.52. The van der Waals surface area contributed by atoms with Crippen molar-refractivity contribution in [3.8, 4) is 0 Å². The molecule has 4 nitrogen and oxygen atoms in total. The molecule has 0 aliphatic carbocycles. The molecule has 2 saturated heterocycles. The van der Waals surface area contributed by atoms with E-state index in [-0.39, 0.29) is 11.8 Å². The maximum Gasteiger partial charge on any atom is 0.225 e. The molecule has 0 saturated carbocycles. The molecule has 2 N–H and O–H groups in total. The summed E-state index contributed by atoms with van der Waals surface area (Å²) in [6.45, 7) is 6.86. The van der Waals surface area contributed by atoms with Crippen molar-refractivity contribution in [2.24, 2.45) is 5.92 Å². The highest BCUT2D eigenvalue weighted by atomic mass is 16.2. The third-order valence-electron chi connectivity index (χ3n) is 4.97. The average molecular weight is 301 g/mol. The van der Waals surface area contributed by atoms with Crippen molar-refractivity contribution in [2.45, 2.75) is 45.3 Å². The smallest absolute Gasteiger partial charge is 0.225 e. The lowest BCUT2D eigenvalue weighted by Crippen LogP contribution is -2.50. The first kappa shape index (κ1) is 15.5. The fourth-order valence-electron chi connectivity index (χ4n) is 3.20. The van der Waals surface area contributed by atoms with Crippen molar-refractivity contribution in [3.63, 3.8) is 0 Å². The lowest BCUT2D eigenvalue weighted by molar-refractivity contribution is -0.126. The Morgan fingerprint density at radius 2 is 1.95 bits per heavy atom. The van der Waals surface area contributed by atoms with Gasteiger partial charge >= 0.3 is 0 Å². The van der Waals surface area contributed by atoms with E-state index in [0.717, 1.165) is 19.6 Å². The molecule has 0 radical (unpaired) electrons. The summed E-state index contributed by atoms with van der Waals surface area (Å²) in [5, 5.41) is 6.14. The van der Waals surface area contributed by atoms with Gasteiger partial charge in [0.1, 0.15) is 0 Å². The summed E-state index contributed by atoms with van der Waals surface area (Å²) in [5.41, 5.74) is 2.54. The Hall–Kier alpha value is -1.39. The Labute approximate surface area is 133 Å². The van der Waals surface area contributed by atoms with Gasteiger partial charge in [-0.05, 0) is 37.4 Å². The molecule has 1 unspecified atom stereocenters. The molecule has 0 aromatic heterocycles. The quantitative estimate of drug-likeness (QED) is 0.873. The maximum atomic E-state index is 11.8. The van der Waals surface area contributed by atoms with Crippen molar-refractivity contribution < 1.29 is 4.79 Å². The summed E-state index contributed by atoms with van der Waals surface area (Å²) in [5.74, 6) is 0.338. The van der Waals surface area contributed by atoms with E-state index >= 15 is 0 Å². The van der Waals surface area contributed by atoms with Gasteiger partial charge in [-0.2, -0.15) is 0 Å². The van der Waals surface area contributed by atoms with Crippen LogP contribution in [0.2, 0.25) is 0 Å². The van der Waals surface area contributed by atoms with E-state index in [1.54, 1.807) is 0 Å². The molecular formula is C18H27N3O. The zero-order valence-corrected chi connectivity index (χ0v) is 13.5. The number of rotatable bonds is 5. The monoisotopic (exact) mass is 301 g/mol. The van der Waals surface area contributed by atoms with E-state index in [1.807, 2.05) is 0 Å². The fourth-order valence-corrected chi connectivity index (χ4v) is 3.20. The van der Waals surface area contributed by atoms with Crippen LogP contribution < -0.4 is 10.6 Å². The van der Waals surface area contributed by atoms with Crippen LogP contribution in [0, 0.1) is 5.92 Å². The number of hydrogen-bond acceptors (Lipinski definition) is 3. The Morgan fingerprint density at radius 1 is 1.23 bits per heavy atom. The molecular weight excluding hydrogens is 274 g/mol. The lowest BCUT2D eigenvalue weighted by atomic mass is 10.0. The van der Waals surface area contributed by atoms with Gasteiger partial charge in [0.15, 0.2) is 0 Å². The minimum absolute atomic E-state index is 0.167. The van der Waals surface area contributed by atoms with Crippen LogP contribution in [-0.2, 0) is 17.9 Å². The highest BCUT2D eigenvalue weighted by Crippen LogP contribution is 2.19. The number of piperidine rings is 1. The molecule has 0 spiro atoms. The van der Waals surface area contributed by atoms with Crippen LogP contribution in [0.25, 0.3) is 0 Å². The van der Waals surface area contributed by atoms with Crippen LogP contribution in [0.4, 0.5) is 0 Å². The van der Waals surface area contributed by atoms with Crippen molar-refractivity contribution in [2.75, 3.05) is 19.6 Å². The summed E-state index contributed by atoms with van der Waals surface area (Å²) in [6, 6.07) is 9.39. The predicted octanol–water partition coefficient (Wildman–Crippen LogP) is 1.90. The molecule has 1 atom stereocenters. The Balaban J connectivity index is 1.48. The van der Waals surface area contributed by atoms with Crippen LogP contribution in [0.3, 0.4) is 0 Å². The van der Waals surface area contributed by atoms with Crippen LogP contribution in [0.15, 0.2) is 24.3 Å². The van der Waals surface area contributed by atoms with Gasteiger partial charge in [-0.1, -0.05) is 30.7 Å². The highest BCUT2D eigenvalue weighted by Gasteiger charge is 2.24. The van der Waals surface area contributed by atoms with Gasteiger partial charge < -0.3 is 10.6 Å². The molecule has 2 aliphatic heterocycles. The number of benzene rings is 1. The number of amides is 1. The normalized spacial score (nSPS) is 23.0. The standard InChI is InChI=1S/C18H27N3O/c1-14-4-2-3-9-21(14)13-16-7-5-15(6-8-16)10-20-18(22)17-11-19-12-17/h5-8,14,17,19H,2-4,9-13H2,1H3,(H,20,22). The summed E-state index contributed by atoms with van der Waals surface area (Å²) < 4.78 is 0. The Bertz CT molecular complexity index is 496. The Morgan fingerprint density at radius 3 is 2.59 bits per heavy atom. The average Bonchev–Trinajstić information content (AvgIpc) is 2.47. The van der Waals surface area contributed by atoms with Gasteiger partial charge in [0, 0.05) is 32.2 Å². The molecule has 1 amide bonds. The van der Waals surface area contributed by atoms with Crippen molar-refractivity contribution in [1.29, 1.82) is 0 Å². The van der Waals surface area contributed by atoms with E-state index in [1.165, 1.54) is 36.9 Å².